The van der Waals surface area contributed by atoms with Crippen LogP contribution in [0.2, 0.25) is 0 Å². The van der Waals surface area contributed by atoms with Crippen molar-refractivity contribution in [3.05, 3.63) is 30.1 Å². The van der Waals surface area contributed by atoms with Gasteiger partial charge in [-0.2, -0.15) is 0 Å². The minimum absolute atomic E-state index is 0.0976. The summed E-state index contributed by atoms with van der Waals surface area (Å²) >= 11 is 0. The van der Waals surface area contributed by atoms with Gasteiger partial charge in [0.15, 0.2) is 0 Å². The summed E-state index contributed by atoms with van der Waals surface area (Å²) in [4.78, 5) is 43.2. The van der Waals surface area contributed by atoms with E-state index < -0.39 is 11.9 Å². The molecule has 0 unspecified atom stereocenters. The average Bonchev–Trinajstić information content (AvgIpc) is 3.31. The molecule has 2 atom stereocenters. The number of amides is 3. The highest BCUT2D eigenvalue weighted by molar-refractivity contribution is 6.22. The summed E-state index contributed by atoms with van der Waals surface area (Å²) in [5, 5.41) is 0. The molecule has 3 aliphatic heterocycles. The number of carbonyl (C=O) groups is 3. The van der Waals surface area contributed by atoms with Crippen molar-refractivity contribution in [2.45, 2.75) is 38.1 Å². The minimum Gasteiger partial charge on any atom is -0.342 e. The fourth-order valence-electron chi connectivity index (χ4n) is 4.45. The number of benzene rings is 1. The minimum atomic E-state index is -0.531. The Kier molecular flexibility index (Phi) is 4.95. The predicted octanol–water partition coefficient (Wildman–Crippen LogP) is 1.79. The Bertz CT molecular complexity index is 745. The van der Waals surface area contributed by atoms with Gasteiger partial charge in [-0.1, -0.05) is 0 Å². The van der Waals surface area contributed by atoms with Gasteiger partial charge in [-0.15, -0.1) is 0 Å². The van der Waals surface area contributed by atoms with Crippen LogP contribution in [0.25, 0.3) is 0 Å². The van der Waals surface area contributed by atoms with E-state index in [-0.39, 0.29) is 30.1 Å². The van der Waals surface area contributed by atoms with Crippen LogP contribution in [0.4, 0.5) is 10.1 Å². The number of rotatable bonds is 3. The Labute approximate surface area is 157 Å². The van der Waals surface area contributed by atoms with E-state index in [0.29, 0.717) is 18.8 Å². The summed E-state index contributed by atoms with van der Waals surface area (Å²) in [7, 11) is 0. The molecule has 3 saturated heterocycles. The van der Waals surface area contributed by atoms with Crippen molar-refractivity contribution < 1.29 is 18.8 Å². The van der Waals surface area contributed by atoms with E-state index in [4.69, 9.17) is 0 Å². The quantitative estimate of drug-likeness (QED) is 0.758. The first kappa shape index (κ1) is 18.1. The third-order valence-corrected chi connectivity index (χ3v) is 5.87. The van der Waals surface area contributed by atoms with Gasteiger partial charge in [0.05, 0.1) is 24.1 Å². The zero-order valence-electron chi connectivity index (χ0n) is 15.3. The molecular formula is C20H24FN3O3. The van der Waals surface area contributed by atoms with Crippen LogP contribution >= 0.6 is 0 Å². The van der Waals surface area contributed by atoms with Crippen LogP contribution in [-0.2, 0) is 14.4 Å². The maximum absolute atomic E-state index is 13.1. The van der Waals surface area contributed by atoms with E-state index in [9.17, 15) is 18.8 Å². The number of hydrogen-bond donors (Lipinski definition) is 0. The molecule has 7 heteroatoms. The van der Waals surface area contributed by atoms with Crippen molar-refractivity contribution in [1.29, 1.82) is 0 Å². The second kappa shape index (κ2) is 7.38. The van der Waals surface area contributed by atoms with Crippen molar-refractivity contribution in [1.82, 2.24) is 9.80 Å². The summed E-state index contributed by atoms with van der Waals surface area (Å²) in [6, 6.07) is 4.85. The molecule has 1 aromatic carbocycles. The van der Waals surface area contributed by atoms with Crippen LogP contribution in [0.15, 0.2) is 24.3 Å². The highest BCUT2D eigenvalue weighted by Gasteiger charge is 2.44. The molecule has 0 saturated carbocycles. The van der Waals surface area contributed by atoms with Crippen molar-refractivity contribution in [2.75, 3.05) is 31.1 Å². The van der Waals surface area contributed by atoms with E-state index in [1.165, 1.54) is 24.3 Å². The molecule has 6 nitrogen and oxygen atoms in total. The van der Waals surface area contributed by atoms with E-state index in [1.807, 2.05) is 9.80 Å². The number of hydrogen-bond acceptors (Lipinski definition) is 4. The van der Waals surface area contributed by atoms with Crippen molar-refractivity contribution >= 4 is 23.4 Å². The number of carbonyl (C=O) groups excluding carboxylic acids is 3. The van der Waals surface area contributed by atoms with Crippen LogP contribution in [0, 0.1) is 11.7 Å². The third kappa shape index (κ3) is 3.48. The number of anilines is 1. The molecule has 3 amide bonds. The van der Waals surface area contributed by atoms with Crippen LogP contribution in [0.3, 0.4) is 0 Å². The smallest absolute Gasteiger partial charge is 0.251 e. The Balaban J connectivity index is 1.46. The zero-order valence-corrected chi connectivity index (χ0v) is 15.3. The van der Waals surface area contributed by atoms with Crippen molar-refractivity contribution in [3.63, 3.8) is 0 Å². The fraction of sp³-hybridized carbons (Fsp3) is 0.550. The lowest BCUT2D eigenvalue weighted by molar-refractivity contribution is -0.137. The molecule has 3 heterocycles. The fourth-order valence-corrected chi connectivity index (χ4v) is 4.45. The van der Waals surface area contributed by atoms with Crippen molar-refractivity contribution in [3.8, 4) is 0 Å². The van der Waals surface area contributed by atoms with Crippen LogP contribution in [0.5, 0.6) is 0 Å². The van der Waals surface area contributed by atoms with Crippen LogP contribution in [-0.4, -0.2) is 59.7 Å². The third-order valence-electron chi connectivity index (χ3n) is 5.87. The van der Waals surface area contributed by atoms with Crippen molar-refractivity contribution in [2.24, 2.45) is 5.92 Å². The first-order valence-corrected chi connectivity index (χ1v) is 9.70. The number of halogens is 1. The Morgan fingerprint density at radius 1 is 1.00 bits per heavy atom. The Hall–Kier alpha value is -2.28. The number of imide groups is 1. The second-order valence-electron chi connectivity index (χ2n) is 7.63. The maximum atomic E-state index is 13.1. The van der Waals surface area contributed by atoms with Gasteiger partial charge in [0.25, 0.3) is 5.91 Å². The van der Waals surface area contributed by atoms with Gasteiger partial charge in [-0.3, -0.25) is 19.3 Å². The predicted molar refractivity (Wildman–Crippen MR) is 97.4 cm³/mol. The van der Waals surface area contributed by atoms with Gasteiger partial charge in [-0.25, -0.2) is 9.29 Å². The molecule has 3 aliphatic rings. The lowest BCUT2D eigenvalue weighted by Crippen LogP contribution is -2.50. The molecule has 0 radical (unpaired) electrons. The number of likely N-dealkylation sites (tertiary alicyclic amines) is 2. The van der Waals surface area contributed by atoms with E-state index in [0.717, 1.165) is 43.7 Å². The zero-order chi connectivity index (χ0) is 19.0. The lowest BCUT2D eigenvalue weighted by atomic mass is 9.95. The molecule has 0 spiro atoms. The van der Waals surface area contributed by atoms with Gasteiger partial charge in [0, 0.05) is 19.6 Å². The molecule has 3 fully saturated rings. The normalized spacial score (nSPS) is 26.9. The summed E-state index contributed by atoms with van der Waals surface area (Å²) < 4.78 is 13.1. The largest absolute Gasteiger partial charge is 0.342 e. The van der Waals surface area contributed by atoms with E-state index >= 15 is 0 Å². The highest BCUT2D eigenvalue weighted by Crippen LogP contribution is 2.29. The van der Waals surface area contributed by atoms with Crippen LogP contribution < -0.4 is 4.90 Å². The van der Waals surface area contributed by atoms with E-state index in [2.05, 4.69) is 0 Å². The second-order valence-corrected chi connectivity index (χ2v) is 7.63. The topological polar surface area (TPSA) is 60.9 Å². The number of piperidine rings is 1. The average molecular weight is 373 g/mol. The summed E-state index contributed by atoms with van der Waals surface area (Å²) in [5.41, 5.74) is 0.399. The first-order chi connectivity index (χ1) is 13.0. The Morgan fingerprint density at radius 3 is 2.41 bits per heavy atom. The molecule has 4 rings (SSSR count). The lowest BCUT2D eigenvalue weighted by Gasteiger charge is -2.36. The number of nitrogens with zero attached hydrogens (tertiary/aromatic N) is 3. The molecule has 1 aromatic rings. The molecule has 27 heavy (non-hydrogen) atoms. The van der Waals surface area contributed by atoms with Gasteiger partial charge < -0.3 is 4.90 Å². The van der Waals surface area contributed by atoms with E-state index in [1.54, 1.807) is 0 Å². The maximum Gasteiger partial charge on any atom is 0.251 e. The molecule has 0 bridgehead atoms. The first-order valence-electron chi connectivity index (χ1n) is 9.70. The highest BCUT2D eigenvalue weighted by atomic mass is 19.1. The monoisotopic (exact) mass is 373 g/mol. The molecular weight excluding hydrogens is 349 g/mol. The standard InChI is InChI=1S/C20H24FN3O3/c21-15-5-7-16(8-6-15)24-18(25)12-17(20(24)27)23-11-3-4-14(13-23)19(26)22-9-1-2-10-22/h5-8,14,17H,1-4,9-13H2/t14-,17-/m1/s1. The molecule has 0 aliphatic carbocycles. The van der Waals surface area contributed by atoms with Crippen LogP contribution in [0.1, 0.15) is 32.1 Å². The van der Waals surface area contributed by atoms with Gasteiger partial charge in [0.1, 0.15) is 5.82 Å². The molecule has 144 valence electrons. The SMILES string of the molecule is O=C([C@@H]1CCCN([C@@H]2CC(=O)N(c3ccc(F)cc3)C2=O)C1)N1CCCC1. The molecule has 0 N–H and O–H groups in total. The van der Waals surface area contributed by atoms with Gasteiger partial charge in [0.2, 0.25) is 11.8 Å². The summed E-state index contributed by atoms with van der Waals surface area (Å²) in [6.07, 6.45) is 3.91. The van der Waals surface area contributed by atoms with Gasteiger partial charge in [-0.05, 0) is 56.5 Å². The Morgan fingerprint density at radius 2 is 1.70 bits per heavy atom. The van der Waals surface area contributed by atoms with Gasteiger partial charge >= 0.3 is 0 Å². The summed E-state index contributed by atoms with van der Waals surface area (Å²) in [5.74, 6) is -0.872. The molecule has 0 aromatic heterocycles. The summed E-state index contributed by atoms with van der Waals surface area (Å²) in [6.45, 7) is 2.89.